The number of hydrogen-bond donors (Lipinski definition) is 1. The van der Waals surface area contributed by atoms with Crippen molar-refractivity contribution in [1.82, 2.24) is 10.2 Å². The molecule has 16 heavy (non-hydrogen) atoms. The van der Waals surface area contributed by atoms with Crippen molar-refractivity contribution in [2.24, 2.45) is 4.99 Å². The second-order valence-corrected chi connectivity index (χ2v) is 7.04. The second kappa shape index (κ2) is 5.52. The summed E-state index contributed by atoms with van der Waals surface area (Å²) in [6.07, 6.45) is 0. The molecule has 1 aliphatic heterocycles. The molecule has 0 aromatic carbocycles. The first-order chi connectivity index (χ1) is 6.84. The first kappa shape index (κ1) is 16.0. The molecule has 0 aromatic rings. The van der Waals surface area contributed by atoms with Gasteiger partial charge in [0.25, 0.3) is 0 Å². The monoisotopic (exact) mass is 361 g/mol. The Labute approximate surface area is 115 Å². The standard InChI is InChI=1S/C9H19N3O2S.HI/c1-9(2)7-12(8(10-3)11-4)5-6-15(9,13)14;/h5-7H2,1-4H3,(H,10,11);1H. The van der Waals surface area contributed by atoms with Gasteiger partial charge in [0, 0.05) is 27.2 Å². The summed E-state index contributed by atoms with van der Waals surface area (Å²) in [6, 6.07) is 0. The number of nitrogens with one attached hydrogen (secondary N) is 1. The third kappa shape index (κ3) is 2.99. The van der Waals surface area contributed by atoms with Crippen LogP contribution in [0.2, 0.25) is 0 Å². The minimum Gasteiger partial charge on any atom is -0.359 e. The average Bonchev–Trinajstić information content (AvgIpc) is 2.13. The van der Waals surface area contributed by atoms with Gasteiger partial charge >= 0.3 is 0 Å². The maximum absolute atomic E-state index is 11.8. The third-order valence-electron chi connectivity index (χ3n) is 2.78. The zero-order chi connectivity index (χ0) is 11.7. The summed E-state index contributed by atoms with van der Waals surface area (Å²) in [5, 5.41) is 2.97. The molecule has 1 rings (SSSR count). The van der Waals surface area contributed by atoms with Crippen LogP contribution in [0, 0.1) is 0 Å². The molecule has 5 nitrogen and oxygen atoms in total. The molecular formula is C9H20IN3O2S. The van der Waals surface area contributed by atoms with Gasteiger partial charge in [0.2, 0.25) is 0 Å². The van der Waals surface area contributed by atoms with Crippen molar-refractivity contribution in [3.8, 4) is 0 Å². The van der Waals surface area contributed by atoms with Crippen LogP contribution in [0.3, 0.4) is 0 Å². The van der Waals surface area contributed by atoms with Crippen LogP contribution in [0.4, 0.5) is 0 Å². The Bertz CT molecular complexity index is 365. The molecular weight excluding hydrogens is 341 g/mol. The van der Waals surface area contributed by atoms with Crippen LogP contribution in [0.1, 0.15) is 13.8 Å². The fourth-order valence-corrected chi connectivity index (χ4v) is 3.10. The highest BCUT2D eigenvalue weighted by atomic mass is 127. The molecule has 1 heterocycles. The van der Waals surface area contributed by atoms with Crippen molar-refractivity contribution in [3.63, 3.8) is 0 Å². The van der Waals surface area contributed by atoms with E-state index in [1.165, 1.54) is 0 Å². The molecule has 7 heteroatoms. The Kier molecular flexibility index (Phi) is 5.51. The Morgan fingerprint density at radius 3 is 2.38 bits per heavy atom. The van der Waals surface area contributed by atoms with E-state index in [0.29, 0.717) is 13.1 Å². The van der Waals surface area contributed by atoms with E-state index in [-0.39, 0.29) is 29.7 Å². The summed E-state index contributed by atoms with van der Waals surface area (Å²) >= 11 is 0. The van der Waals surface area contributed by atoms with Gasteiger partial charge in [-0.3, -0.25) is 4.99 Å². The Hall–Kier alpha value is -0.0500. The molecule has 1 aliphatic rings. The molecule has 1 N–H and O–H groups in total. The third-order valence-corrected chi connectivity index (χ3v) is 5.31. The van der Waals surface area contributed by atoms with Gasteiger partial charge in [-0.1, -0.05) is 0 Å². The molecule has 0 amide bonds. The summed E-state index contributed by atoms with van der Waals surface area (Å²) in [5.74, 6) is 0.943. The van der Waals surface area contributed by atoms with E-state index >= 15 is 0 Å². The fraction of sp³-hybridized carbons (Fsp3) is 0.889. The molecule has 96 valence electrons. The number of guanidine groups is 1. The van der Waals surface area contributed by atoms with Gasteiger partial charge in [0.15, 0.2) is 15.8 Å². The van der Waals surface area contributed by atoms with Crippen molar-refractivity contribution >= 4 is 39.8 Å². The van der Waals surface area contributed by atoms with Crippen LogP contribution in [-0.4, -0.2) is 57.0 Å². The predicted molar refractivity (Wildman–Crippen MR) is 77.3 cm³/mol. The maximum atomic E-state index is 11.8. The number of hydrogen-bond acceptors (Lipinski definition) is 3. The van der Waals surface area contributed by atoms with Crippen LogP contribution in [0.15, 0.2) is 4.99 Å². The zero-order valence-corrected chi connectivity index (χ0v) is 13.3. The van der Waals surface area contributed by atoms with E-state index < -0.39 is 14.6 Å². The van der Waals surface area contributed by atoms with Crippen LogP contribution in [0.5, 0.6) is 0 Å². The molecule has 0 aliphatic carbocycles. The molecule has 1 fully saturated rings. The summed E-state index contributed by atoms with van der Waals surface area (Å²) in [6.45, 7) is 4.52. The van der Waals surface area contributed by atoms with Crippen LogP contribution in [-0.2, 0) is 9.84 Å². The topological polar surface area (TPSA) is 61.8 Å². The number of halogens is 1. The lowest BCUT2D eigenvalue weighted by Gasteiger charge is -2.38. The van der Waals surface area contributed by atoms with Crippen LogP contribution in [0.25, 0.3) is 0 Å². The van der Waals surface area contributed by atoms with E-state index in [1.807, 2.05) is 4.90 Å². The van der Waals surface area contributed by atoms with Crippen LogP contribution >= 0.6 is 24.0 Å². The molecule has 0 atom stereocenters. The first-order valence-electron chi connectivity index (χ1n) is 4.96. The van der Waals surface area contributed by atoms with E-state index in [1.54, 1.807) is 27.9 Å². The molecule has 0 spiro atoms. The minimum absolute atomic E-state index is 0. The van der Waals surface area contributed by atoms with Crippen molar-refractivity contribution < 1.29 is 8.42 Å². The minimum atomic E-state index is -2.97. The van der Waals surface area contributed by atoms with Gasteiger partial charge in [-0.05, 0) is 13.8 Å². The normalized spacial score (nSPS) is 23.5. The van der Waals surface area contributed by atoms with Gasteiger partial charge in [0.05, 0.1) is 10.5 Å². The highest BCUT2D eigenvalue weighted by Gasteiger charge is 2.40. The Balaban J connectivity index is 0.00000225. The number of rotatable bonds is 0. The Morgan fingerprint density at radius 1 is 1.44 bits per heavy atom. The highest BCUT2D eigenvalue weighted by Crippen LogP contribution is 2.23. The average molecular weight is 361 g/mol. The van der Waals surface area contributed by atoms with Crippen LogP contribution < -0.4 is 5.32 Å². The lowest BCUT2D eigenvalue weighted by atomic mass is 10.2. The summed E-state index contributed by atoms with van der Waals surface area (Å²) in [4.78, 5) is 6.05. The predicted octanol–water partition coefficient (Wildman–Crippen LogP) is 0.319. The lowest BCUT2D eigenvalue weighted by molar-refractivity contribution is 0.355. The smallest absolute Gasteiger partial charge is 0.193 e. The second-order valence-electron chi connectivity index (χ2n) is 4.30. The van der Waals surface area contributed by atoms with Gasteiger partial charge in [-0.25, -0.2) is 8.42 Å². The van der Waals surface area contributed by atoms with E-state index in [4.69, 9.17) is 0 Å². The molecule has 0 saturated carbocycles. The van der Waals surface area contributed by atoms with Crippen molar-refractivity contribution in [3.05, 3.63) is 0 Å². The molecule has 0 radical (unpaired) electrons. The largest absolute Gasteiger partial charge is 0.359 e. The first-order valence-corrected chi connectivity index (χ1v) is 6.61. The van der Waals surface area contributed by atoms with E-state index in [2.05, 4.69) is 10.3 Å². The van der Waals surface area contributed by atoms with Gasteiger partial charge in [-0.15, -0.1) is 24.0 Å². The van der Waals surface area contributed by atoms with E-state index in [9.17, 15) is 8.42 Å². The van der Waals surface area contributed by atoms with Gasteiger partial charge in [0.1, 0.15) is 0 Å². The molecule has 0 bridgehead atoms. The van der Waals surface area contributed by atoms with E-state index in [0.717, 1.165) is 5.96 Å². The number of nitrogens with zero attached hydrogens (tertiary/aromatic N) is 2. The summed E-state index contributed by atoms with van der Waals surface area (Å²) in [7, 11) is 0.518. The summed E-state index contributed by atoms with van der Waals surface area (Å²) < 4.78 is 22.8. The van der Waals surface area contributed by atoms with Crippen molar-refractivity contribution in [2.75, 3.05) is 32.9 Å². The number of aliphatic imine (C=N–C) groups is 1. The number of sulfone groups is 1. The highest BCUT2D eigenvalue weighted by molar-refractivity contribution is 14.0. The molecule has 0 aromatic heterocycles. The fourth-order valence-electron chi connectivity index (χ4n) is 1.74. The van der Waals surface area contributed by atoms with Crippen molar-refractivity contribution in [2.45, 2.75) is 18.6 Å². The summed E-state index contributed by atoms with van der Waals surface area (Å²) in [5.41, 5.74) is 0. The maximum Gasteiger partial charge on any atom is 0.193 e. The lowest BCUT2D eigenvalue weighted by Crippen LogP contribution is -2.56. The van der Waals surface area contributed by atoms with Gasteiger partial charge in [-0.2, -0.15) is 0 Å². The molecule has 1 saturated heterocycles. The molecule has 0 unspecified atom stereocenters. The van der Waals surface area contributed by atoms with Crippen molar-refractivity contribution in [1.29, 1.82) is 0 Å². The quantitative estimate of drug-likeness (QED) is 0.384. The van der Waals surface area contributed by atoms with Gasteiger partial charge < -0.3 is 10.2 Å². The zero-order valence-electron chi connectivity index (χ0n) is 10.1. The SMILES string of the molecule is CN=C(NC)N1CCS(=O)(=O)C(C)(C)C1.I. The Morgan fingerprint density at radius 2 is 2.00 bits per heavy atom.